The van der Waals surface area contributed by atoms with Gasteiger partial charge >= 0.3 is 0 Å². The van der Waals surface area contributed by atoms with Gasteiger partial charge in [-0.15, -0.1) is 0 Å². The van der Waals surface area contributed by atoms with Crippen LogP contribution in [0, 0.1) is 0 Å². The van der Waals surface area contributed by atoms with Gasteiger partial charge in [0, 0.05) is 27.1 Å². The van der Waals surface area contributed by atoms with E-state index in [1.165, 1.54) is 12.0 Å². The van der Waals surface area contributed by atoms with Gasteiger partial charge in [-0.2, -0.15) is 0 Å². The summed E-state index contributed by atoms with van der Waals surface area (Å²) in [5.74, 6) is 0.0673. The molecule has 0 aromatic rings. The Labute approximate surface area is 79.5 Å². The molecule has 1 amide bonds. The van der Waals surface area contributed by atoms with Crippen LogP contribution in [0.2, 0.25) is 0 Å². The Bertz CT molecular complexity index is 150. The van der Waals surface area contributed by atoms with E-state index in [9.17, 15) is 9.90 Å². The first kappa shape index (κ1) is 12.4. The molecule has 0 aliphatic rings. The topological polar surface area (TPSA) is 49.8 Å². The molecule has 0 saturated heterocycles. The Hall–Kier alpha value is -0.610. The van der Waals surface area contributed by atoms with Crippen molar-refractivity contribution in [1.82, 2.24) is 4.90 Å². The van der Waals surface area contributed by atoms with Crippen molar-refractivity contribution in [2.75, 3.05) is 27.3 Å². The van der Waals surface area contributed by atoms with Crippen molar-refractivity contribution in [1.29, 1.82) is 0 Å². The van der Waals surface area contributed by atoms with Crippen LogP contribution in [0.25, 0.3) is 0 Å². The van der Waals surface area contributed by atoms with Gasteiger partial charge in [-0.05, 0) is 6.42 Å². The predicted octanol–water partition coefficient (Wildman–Crippen LogP) is 0.252. The molecule has 1 unspecified atom stereocenters. The highest BCUT2D eigenvalue weighted by Crippen LogP contribution is 1.96. The lowest BCUT2D eigenvalue weighted by Gasteiger charge is -2.20. The molecular formula is C9H19NO3. The highest BCUT2D eigenvalue weighted by molar-refractivity contribution is 5.75. The fourth-order valence-electron chi connectivity index (χ4n) is 1.07. The lowest BCUT2D eigenvalue weighted by molar-refractivity contribution is -0.131. The van der Waals surface area contributed by atoms with Crippen LogP contribution in [-0.4, -0.2) is 49.3 Å². The minimum absolute atomic E-state index is 0.0673. The first-order valence-corrected chi connectivity index (χ1v) is 4.52. The van der Waals surface area contributed by atoms with Crippen LogP contribution >= 0.6 is 0 Å². The number of aliphatic hydroxyl groups is 1. The number of amides is 1. The largest absolute Gasteiger partial charge is 0.389 e. The molecule has 0 spiro atoms. The molecule has 0 rings (SSSR count). The number of carbonyl (C=O) groups is 1. The van der Waals surface area contributed by atoms with Crippen molar-refractivity contribution >= 4 is 5.91 Å². The van der Waals surface area contributed by atoms with E-state index in [4.69, 9.17) is 4.74 Å². The number of hydrogen-bond donors (Lipinski definition) is 1. The molecule has 0 aromatic carbocycles. The van der Waals surface area contributed by atoms with Crippen LogP contribution in [0.3, 0.4) is 0 Å². The van der Waals surface area contributed by atoms with Crippen LogP contribution in [0.1, 0.15) is 19.8 Å². The number of ether oxygens (including phenoxy) is 1. The summed E-state index contributed by atoms with van der Waals surface area (Å²) in [5, 5.41) is 9.32. The van der Waals surface area contributed by atoms with Crippen molar-refractivity contribution in [2.24, 2.45) is 0 Å². The minimum atomic E-state index is -0.587. The van der Waals surface area contributed by atoms with Gasteiger partial charge in [0.15, 0.2) is 0 Å². The van der Waals surface area contributed by atoms with Crippen molar-refractivity contribution < 1.29 is 14.6 Å². The zero-order valence-corrected chi connectivity index (χ0v) is 8.62. The summed E-state index contributed by atoms with van der Waals surface area (Å²) in [6, 6.07) is 0. The van der Waals surface area contributed by atoms with Crippen LogP contribution in [-0.2, 0) is 9.53 Å². The zero-order valence-electron chi connectivity index (χ0n) is 8.62. The summed E-state index contributed by atoms with van der Waals surface area (Å²) in [6.07, 6.45) is 0.788. The number of likely N-dealkylation sites (N-methyl/N-ethyl adjacent to an activating group) is 1. The molecule has 78 valence electrons. The highest BCUT2D eigenvalue weighted by Gasteiger charge is 2.12. The molecule has 4 nitrogen and oxygen atoms in total. The Morgan fingerprint density at radius 3 is 2.69 bits per heavy atom. The Kier molecular flexibility index (Phi) is 6.54. The van der Waals surface area contributed by atoms with E-state index >= 15 is 0 Å². The maximum Gasteiger partial charge on any atom is 0.222 e. The van der Waals surface area contributed by atoms with Gasteiger partial charge in [0.1, 0.15) is 0 Å². The first-order chi connectivity index (χ1) is 6.11. The van der Waals surface area contributed by atoms with Crippen LogP contribution < -0.4 is 0 Å². The standard InChI is InChI=1S/C9H19NO3/c1-4-5-9(12)10(2)6-8(11)7-13-3/h8,11H,4-7H2,1-3H3. The van der Waals surface area contributed by atoms with Gasteiger partial charge in [0.05, 0.1) is 12.7 Å². The predicted molar refractivity (Wildman–Crippen MR) is 50.4 cm³/mol. The number of rotatable bonds is 6. The number of nitrogens with zero attached hydrogens (tertiary/aromatic N) is 1. The van der Waals surface area contributed by atoms with Gasteiger partial charge in [-0.3, -0.25) is 4.79 Å². The van der Waals surface area contributed by atoms with Crippen molar-refractivity contribution in [3.8, 4) is 0 Å². The molecule has 0 saturated carbocycles. The highest BCUT2D eigenvalue weighted by atomic mass is 16.5. The lowest BCUT2D eigenvalue weighted by Crippen LogP contribution is -2.36. The van der Waals surface area contributed by atoms with E-state index in [1.54, 1.807) is 7.05 Å². The molecule has 4 heteroatoms. The monoisotopic (exact) mass is 189 g/mol. The van der Waals surface area contributed by atoms with Gasteiger partial charge in [0.25, 0.3) is 0 Å². The summed E-state index contributed by atoms with van der Waals surface area (Å²) in [4.78, 5) is 12.8. The minimum Gasteiger partial charge on any atom is -0.389 e. The molecule has 0 aromatic heterocycles. The SMILES string of the molecule is CCCC(=O)N(C)CC(O)COC. The van der Waals surface area contributed by atoms with E-state index in [-0.39, 0.29) is 12.5 Å². The van der Waals surface area contributed by atoms with E-state index in [1.807, 2.05) is 6.92 Å². The maximum atomic E-state index is 11.3. The van der Waals surface area contributed by atoms with Gasteiger partial charge in [0.2, 0.25) is 5.91 Å². The summed E-state index contributed by atoms with van der Waals surface area (Å²) in [5.41, 5.74) is 0. The lowest BCUT2D eigenvalue weighted by atomic mass is 10.3. The Balaban J connectivity index is 3.71. The first-order valence-electron chi connectivity index (χ1n) is 4.52. The van der Waals surface area contributed by atoms with E-state index < -0.39 is 6.10 Å². The van der Waals surface area contributed by atoms with E-state index in [0.717, 1.165) is 6.42 Å². The molecule has 0 heterocycles. The summed E-state index contributed by atoms with van der Waals surface area (Å²) in [7, 11) is 3.22. The molecule has 1 atom stereocenters. The molecule has 0 fully saturated rings. The third kappa shape index (κ3) is 5.60. The van der Waals surface area contributed by atoms with Gasteiger partial charge < -0.3 is 14.7 Å². The number of carbonyl (C=O) groups excluding carboxylic acids is 1. The van der Waals surface area contributed by atoms with Crippen molar-refractivity contribution in [3.05, 3.63) is 0 Å². The molecule has 0 radical (unpaired) electrons. The molecule has 1 N–H and O–H groups in total. The second-order valence-corrected chi connectivity index (χ2v) is 3.13. The molecule has 0 bridgehead atoms. The normalized spacial score (nSPS) is 12.6. The fraction of sp³-hybridized carbons (Fsp3) is 0.889. The van der Waals surface area contributed by atoms with Crippen LogP contribution in [0.15, 0.2) is 0 Å². The third-order valence-corrected chi connectivity index (χ3v) is 1.73. The van der Waals surface area contributed by atoms with Crippen molar-refractivity contribution in [3.63, 3.8) is 0 Å². The smallest absolute Gasteiger partial charge is 0.222 e. The quantitative estimate of drug-likeness (QED) is 0.651. The maximum absolute atomic E-state index is 11.3. The second kappa shape index (κ2) is 6.86. The fourth-order valence-corrected chi connectivity index (χ4v) is 1.07. The number of hydrogen-bond acceptors (Lipinski definition) is 3. The molecule has 0 aliphatic carbocycles. The number of methoxy groups -OCH3 is 1. The molecular weight excluding hydrogens is 170 g/mol. The third-order valence-electron chi connectivity index (χ3n) is 1.73. The van der Waals surface area contributed by atoms with Crippen molar-refractivity contribution in [2.45, 2.75) is 25.9 Å². The average molecular weight is 189 g/mol. The molecule has 13 heavy (non-hydrogen) atoms. The Morgan fingerprint density at radius 1 is 1.62 bits per heavy atom. The second-order valence-electron chi connectivity index (χ2n) is 3.13. The van der Waals surface area contributed by atoms with E-state index in [2.05, 4.69) is 0 Å². The molecule has 0 aliphatic heterocycles. The summed E-state index contributed by atoms with van der Waals surface area (Å²) < 4.78 is 4.76. The summed E-state index contributed by atoms with van der Waals surface area (Å²) in [6.45, 7) is 2.56. The average Bonchev–Trinajstić information content (AvgIpc) is 2.05. The zero-order chi connectivity index (χ0) is 10.3. The summed E-state index contributed by atoms with van der Waals surface area (Å²) >= 11 is 0. The van der Waals surface area contributed by atoms with Gasteiger partial charge in [-0.25, -0.2) is 0 Å². The van der Waals surface area contributed by atoms with Crippen LogP contribution in [0.5, 0.6) is 0 Å². The number of aliphatic hydroxyl groups excluding tert-OH is 1. The Morgan fingerprint density at radius 2 is 2.23 bits per heavy atom. The van der Waals surface area contributed by atoms with Crippen LogP contribution in [0.4, 0.5) is 0 Å². The van der Waals surface area contributed by atoms with Gasteiger partial charge in [-0.1, -0.05) is 6.92 Å². The van der Waals surface area contributed by atoms with E-state index in [0.29, 0.717) is 13.0 Å².